The molecule has 4 nitrogen and oxygen atoms in total. The largest absolute Gasteiger partial charge is 0.380 e. The van der Waals surface area contributed by atoms with Crippen LogP contribution >= 0.6 is 11.3 Å². The molecule has 0 aliphatic carbocycles. The summed E-state index contributed by atoms with van der Waals surface area (Å²) >= 11 is 1.69. The van der Waals surface area contributed by atoms with E-state index in [9.17, 15) is 4.79 Å². The summed E-state index contributed by atoms with van der Waals surface area (Å²) in [7, 11) is 1.69. The molecule has 112 valence electrons. The lowest BCUT2D eigenvalue weighted by atomic mass is 10.1. The quantitative estimate of drug-likeness (QED) is 0.841. The van der Waals surface area contributed by atoms with Gasteiger partial charge in [0.1, 0.15) is 6.17 Å². The highest BCUT2D eigenvalue weighted by atomic mass is 32.1. The van der Waals surface area contributed by atoms with Gasteiger partial charge in [-0.3, -0.25) is 10.1 Å². The van der Waals surface area contributed by atoms with E-state index in [-0.39, 0.29) is 24.2 Å². The molecule has 0 bridgehead atoms. The number of amides is 1. The SMILES string of the molecule is CCCCC1NC(c2cccs2)N(CC(C)OC)C1=O. The van der Waals surface area contributed by atoms with Crippen molar-refractivity contribution in [1.29, 1.82) is 0 Å². The van der Waals surface area contributed by atoms with Crippen LogP contribution in [-0.2, 0) is 9.53 Å². The predicted molar refractivity (Wildman–Crippen MR) is 81.7 cm³/mol. The molecule has 1 N–H and O–H groups in total. The number of rotatable bonds is 7. The number of hydrogen-bond acceptors (Lipinski definition) is 4. The number of carbonyl (C=O) groups excluding carboxylic acids is 1. The lowest BCUT2D eigenvalue weighted by Gasteiger charge is -2.25. The average molecular weight is 296 g/mol. The first-order valence-electron chi connectivity index (χ1n) is 7.30. The van der Waals surface area contributed by atoms with Crippen LogP contribution in [0.15, 0.2) is 17.5 Å². The Hall–Kier alpha value is -0.910. The summed E-state index contributed by atoms with van der Waals surface area (Å²) in [5, 5.41) is 5.54. The van der Waals surface area contributed by atoms with E-state index in [0.29, 0.717) is 6.54 Å². The van der Waals surface area contributed by atoms with Crippen LogP contribution in [0.5, 0.6) is 0 Å². The van der Waals surface area contributed by atoms with Crippen molar-refractivity contribution in [2.24, 2.45) is 0 Å². The normalized spacial score (nSPS) is 24.4. The van der Waals surface area contributed by atoms with E-state index in [4.69, 9.17) is 4.74 Å². The molecule has 0 saturated carbocycles. The zero-order chi connectivity index (χ0) is 14.5. The van der Waals surface area contributed by atoms with Gasteiger partial charge >= 0.3 is 0 Å². The fraction of sp³-hybridized carbons (Fsp3) is 0.667. The molecule has 1 fully saturated rings. The van der Waals surface area contributed by atoms with Gasteiger partial charge in [0.25, 0.3) is 0 Å². The van der Waals surface area contributed by atoms with E-state index in [1.54, 1.807) is 18.4 Å². The Balaban J connectivity index is 2.12. The van der Waals surface area contributed by atoms with Gasteiger partial charge in [0.15, 0.2) is 0 Å². The van der Waals surface area contributed by atoms with Crippen molar-refractivity contribution in [2.75, 3.05) is 13.7 Å². The topological polar surface area (TPSA) is 41.6 Å². The molecule has 3 unspecified atom stereocenters. The zero-order valence-corrected chi connectivity index (χ0v) is 13.3. The van der Waals surface area contributed by atoms with E-state index in [1.165, 1.54) is 4.88 Å². The lowest BCUT2D eigenvalue weighted by molar-refractivity contribution is -0.131. The van der Waals surface area contributed by atoms with Crippen molar-refractivity contribution in [1.82, 2.24) is 10.2 Å². The first-order chi connectivity index (χ1) is 9.67. The molecule has 0 radical (unpaired) electrons. The van der Waals surface area contributed by atoms with Gasteiger partial charge in [-0.2, -0.15) is 0 Å². The fourth-order valence-electron chi connectivity index (χ4n) is 2.52. The lowest BCUT2D eigenvalue weighted by Crippen LogP contribution is -2.36. The summed E-state index contributed by atoms with van der Waals surface area (Å²) in [6.07, 6.45) is 3.16. The summed E-state index contributed by atoms with van der Waals surface area (Å²) in [5.41, 5.74) is 0. The predicted octanol–water partition coefficient (Wildman–Crippen LogP) is 2.77. The molecule has 1 aromatic heterocycles. The van der Waals surface area contributed by atoms with E-state index in [1.807, 2.05) is 17.9 Å². The highest BCUT2D eigenvalue weighted by molar-refractivity contribution is 7.10. The third kappa shape index (κ3) is 3.40. The maximum atomic E-state index is 12.6. The van der Waals surface area contributed by atoms with Crippen molar-refractivity contribution >= 4 is 17.2 Å². The zero-order valence-electron chi connectivity index (χ0n) is 12.5. The third-order valence-electron chi connectivity index (χ3n) is 3.77. The van der Waals surface area contributed by atoms with Crippen molar-refractivity contribution in [3.05, 3.63) is 22.4 Å². The maximum Gasteiger partial charge on any atom is 0.241 e. The van der Waals surface area contributed by atoms with Gasteiger partial charge in [0.2, 0.25) is 5.91 Å². The Labute approximate surface area is 125 Å². The Morgan fingerprint density at radius 1 is 1.55 bits per heavy atom. The van der Waals surface area contributed by atoms with E-state index < -0.39 is 0 Å². The summed E-state index contributed by atoms with van der Waals surface area (Å²) in [4.78, 5) is 15.7. The van der Waals surface area contributed by atoms with Crippen LogP contribution < -0.4 is 5.32 Å². The fourth-order valence-corrected chi connectivity index (χ4v) is 3.32. The summed E-state index contributed by atoms with van der Waals surface area (Å²) in [6, 6.07) is 4.07. The molecular weight excluding hydrogens is 272 g/mol. The number of hydrogen-bond donors (Lipinski definition) is 1. The standard InChI is InChI=1S/C15H24N2O2S/c1-4-5-7-12-15(18)17(10-11(2)19-3)14(16-12)13-8-6-9-20-13/h6,8-9,11-12,14,16H,4-5,7,10H2,1-3H3. The Kier molecular flexibility index (Phi) is 5.57. The van der Waals surface area contributed by atoms with Gasteiger partial charge in [0.05, 0.1) is 12.1 Å². The van der Waals surface area contributed by atoms with Crippen molar-refractivity contribution in [2.45, 2.75) is 51.4 Å². The van der Waals surface area contributed by atoms with Crippen LogP contribution in [-0.4, -0.2) is 36.6 Å². The molecule has 1 saturated heterocycles. The van der Waals surface area contributed by atoms with Crippen LogP contribution in [0.1, 0.15) is 44.2 Å². The number of thiophene rings is 1. The number of carbonyl (C=O) groups is 1. The third-order valence-corrected chi connectivity index (χ3v) is 4.69. The monoisotopic (exact) mass is 296 g/mol. The minimum atomic E-state index is -0.0499. The minimum absolute atomic E-state index is 0.00181. The Morgan fingerprint density at radius 3 is 2.95 bits per heavy atom. The van der Waals surface area contributed by atoms with E-state index in [2.05, 4.69) is 23.7 Å². The van der Waals surface area contributed by atoms with Gasteiger partial charge in [0, 0.05) is 18.5 Å². The smallest absolute Gasteiger partial charge is 0.241 e. The summed E-state index contributed by atoms with van der Waals surface area (Å²) in [6.45, 7) is 4.78. The molecule has 2 heterocycles. The molecule has 3 atom stereocenters. The van der Waals surface area contributed by atoms with Crippen molar-refractivity contribution < 1.29 is 9.53 Å². The number of nitrogens with one attached hydrogen (secondary N) is 1. The Bertz CT molecular complexity index is 422. The second-order valence-corrected chi connectivity index (χ2v) is 6.30. The second-order valence-electron chi connectivity index (χ2n) is 5.32. The molecule has 0 aromatic carbocycles. The van der Waals surface area contributed by atoms with Crippen molar-refractivity contribution in [3.63, 3.8) is 0 Å². The molecule has 0 spiro atoms. The van der Waals surface area contributed by atoms with Gasteiger partial charge in [-0.1, -0.05) is 25.8 Å². The summed E-state index contributed by atoms with van der Waals surface area (Å²) < 4.78 is 5.32. The highest BCUT2D eigenvalue weighted by Gasteiger charge is 2.39. The van der Waals surface area contributed by atoms with Gasteiger partial charge in [-0.15, -0.1) is 11.3 Å². The van der Waals surface area contributed by atoms with Crippen LogP contribution in [0.3, 0.4) is 0 Å². The van der Waals surface area contributed by atoms with Crippen LogP contribution in [0.4, 0.5) is 0 Å². The number of ether oxygens (including phenoxy) is 1. The van der Waals surface area contributed by atoms with Crippen LogP contribution in [0, 0.1) is 0 Å². The first kappa shape index (κ1) is 15.5. The van der Waals surface area contributed by atoms with E-state index in [0.717, 1.165) is 19.3 Å². The first-order valence-corrected chi connectivity index (χ1v) is 8.18. The minimum Gasteiger partial charge on any atom is -0.380 e. The maximum absolute atomic E-state index is 12.6. The van der Waals surface area contributed by atoms with Gasteiger partial charge < -0.3 is 9.64 Å². The van der Waals surface area contributed by atoms with E-state index >= 15 is 0 Å². The average Bonchev–Trinajstić information content (AvgIpc) is 3.07. The van der Waals surface area contributed by atoms with Gasteiger partial charge in [-0.25, -0.2) is 0 Å². The van der Waals surface area contributed by atoms with Crippen LogP contribution in [0.25, 0.3) is 0 Å². The molecule has 2 rings (SSSR count). The Morgan fingerprint density at radius 2 is 2.35 bits per heavy atom. The number of nitrogens with zero attached hydrogens (tertiary/aromatic N) is 1. The summed E-state index contributed by atoms with van der Waals surface area (Å²) in [5.74, 6) is 0.209. The molecule has 20 heavy (non-hydrogen) atoms. The second kappa shape index (κ2) is 7.20. The number of unbranched alkanes of at least 4 members (excludes halogenated alkanes) is 1. The molecule has 1 aliphatic rings. The van der Waals surface area contributed by atoms with Crippen LogP contribution in [0.2, 0.25) is 0 Å². The molecule has 1 amide bonds. The number of methoxy groups -OCH3 is 1. The molecular formula is C15H24N2O2S. The van der Waals surface area contributed by atoms with Gasteiger partial charge in [-0.05, 0) is 24.8 Å². The molecule has 1 aromatic rings. The van der Waals surface area contributed by atoms with Crippen molar-refractivity contribution in [3.8, 4) is 0 Å². The highest BCUT2D eigenvalue weighted by Crippen LogP contribution is 2.30. The molecule has 5 heteroatoms. The molecule has 1 aliphatic heterocycles.